The molecule has 1 aromatic rings. The fourth-order valence-corrected chi connectivity index (χ4v) is 1.20. The Labute approximate surface area is 69.2 Å². The van der Waals surface area contributed by atoms with Crippen LogP contribution in [-0.4, -0.2) is 5.78 Å². The van der Waals surface area contributed by atoms with E-state index in [9.17, 15) is 9.59 Å². The Morgan fingerprint density at radius 1 is 0.833 bits per heavy atom. The molecule has 0 saturated heterocycles. The zero-order valence-corrected chi connectivity index (χ0v) is 6.28. The van der Waals surface area contributed by atoms with Crippen LogP contribution in [0.2, 0.25) is 0 Å². The molecule has 0 fully saturated rings. The van der Waals surface area contributed by atoms with Crippen LogP contribution in [-0.2, 0) is 0 Å². The van der Waals surface area contributed by atoms with Gasteiger partial charge in [0.15, 0.2) is 11.2 Å². The molecule has 2 rings (SSSR count). The standard InChI is InChI=1S/C10H6O2/c11-8-3-1-7-2-6-10(12)9(7)5-4-8/h1-6H. The summed E-state index contributed by atoms with van der Waals surface area (Å²) < 4.78 is 0. The minimum Gasteiger partial charge on any atom is -0.290 e. The van der Waals surface area contributed by atoms with Crippen molar-refractivity contribution in [3.63, 3.8) is 0 Å². The lowest BCUT2D eigenvalue weighted by molar-refractivity contribution is 0.105. The molecule has 0 aromatic heterocycles. The Kier molecular flexibility index (Phi) is 1.40. The zero-order valence-electron chi connectivity index (χ0n) is 6.28. The van der Waals surface area contributed by atoms with E-state index in [0.717, 1.165) is 5.56 Å². The number of hydrogen-bond acceptors (Lipinski definition) is 2. The van der Waals surface area contributed by atoms with Crippen molar-refractivity contribution in [2.24, 2.45) is 0 Å². The molecule has 0 bridgehead atoms. The average molecular weight is 158 g/mol. The molecule has 0 unspecified atom stereocenters. The number of ketones is 1. The smallest absolute Gasteiger partial charge is 0.186 e. The number of fused-ring (bicyclic) bond motifs is 1. The van der Waals surface area contributed by atoms with Crippen molar-refractivity contribution in [1.82, 2.24) is 0 Å². The molecule has 0 N–H and O–H groups in total. The summed E-state index contributed by atoms with van der Waals surface area (Å²) >= 11 is 0. The van der Waals surface area contributed by atoms with E-state index in [1.54, 1.807) is 18.2 Å². The fraction of sp³-hybridized carbons (Fsp3) is 0. The van der Waals surface area contributed by atoms with Crippen LogP contribution in [0, 0.1) is 0 Å². The molecule has 0 heterocycles. The van der Waals surface area contributed by atoms with Gasteiger partial charge in [0.1, 0.15) is 0 Å². The molecule has 0 aliphatic heterocycles. The molecule has 2 heteroatoms. The first-order valence-corrected chi connectivity index (χ1v) is 3.64. The van der Waals surface area contributed by atoms with Crippen LogP contribution in [0.15, 0.2) is 35.1 Å². The van der Waals surface area contributed by atoms with Crippen molar-refractivity contribution in [1.29, 1.82) is 0 Å². The molecule has 58 valence electrons. The molecule has 0 radical (unpaired) electrons. The summed E-state index contributed by atoms with van der Waals surface area (Å²) in [7, 11) is 0. The topological polar surface area (TPSA) is 34.1 Å². The molecule has 0 saturated carbocycles. The summed E-state index contributed by atoms with van der Waals surface area (Å²) in [6, 6.07) is 6.10. The highest BCUT2D eigenvalue weighted by Gasteiger charge is 2.10. The quantitative estimate of drug-likeness (QED) is 0.569. The van der Waals surface area contributed by atoms with Gasteiger partial charge in [-0.1, -0.05) is 12.1 Å². The first-order valence-electron chi connectivity index (χ1n) is 3.64. The highest BCUT2D eigenvalue weighted by molar-refractivity contribution is 6.13. The number of carbonyl (C=O) groups excluding carboxylic acids is 1. The van der Waals surface area contributed by atoms with E-state index in [-0.39, 0.29) is 11.2 Å². The summed E-state index contributed by atoms with van der Waals surface area (Å²) in [5.41, 5.74) is 1.35. The van der Waals surface area contributed by atoms with Gasteiger partial charge >= 0.3 is 0 Å². The second kappa shape index (κ2) is 2.41. The van der Waals surface area contributed by atoms with Crippen molar-refractivity contribution in [3.05, 3.63) is 51.7 Å². The average Bonchev–Trinajstić information content (AvgIpc) is 2.28. The Hall–Kier alpha value is -1.70. The molecule has 1 aromatic carbocycles. The van der Waals surface area contributed by atoms with Gasteiger partial charge < -0.3 is 0 Å². The first-order chi connectivity index (χ1) is 5.77. The Balaban J connectivity index is 2.78. The first kappa shape index (κ1) is 6.98. The molecular formula is C10H6O2. The maximum Gasteiger partial charge on any atom is 0.186 e. The lowest BCUT2D eigenvalue weighted by Crippen LogP contribution is -1.90. The summed E-state index contributed by atoms with van der Waals surface area (Å²) in [6.07, 6.45) is 3.23. The molecule has 0 atom stereocenters. The fourth-order valence-electron chi connectivity index (χ4n) is 1.20. The van der Waals surface area contributed by atoms with Crippen LogP contribution in [0.5, 0.6) is 0 Å². The van der Waals surface area contributed by atoms with Crippen molar-refractivity contribution in [3.8, 4) is 0 Å². The van der Waals surface area contributed by atoms with E-state index >= 15 is 0 Å². The Bertz CT molecular complexity index is 430. The van der Waals surface area contributed by atoms with Gasteiger partial charge in [0.25, 0.3) is 0 Å². The SMILES string of the molecule is O=C1C=Cc2ccc(=O)ccc21. The molecule has 2 nitrogen and oxygen atoms in total. The van der Waals surface area contributed by atoms with Gasteiger partial charge in [-0.25, -0.2) is 0 Å². The molecule has 12 heavy (non-hydrogen) atoms. The number of hydrogen-bond donors (Lipinski definition) is 0. The molecule has 0 spiro atoms. The van der Waals surface area contributed by atoms with Crippen LogP contribution in [0.4, 0.5) is 0 Å². The molecular weight excluding hydrogens is 152 g/mol. The predicted octanol–water partition coefficient (Wildman–Crippen LogP) is 1.26. The van der Waals surface area contributed by atoms with Crippen LogP contribution in [0.3, 0.4) is 0 Å². The second-order valence-electron chi connectivity index (χ2n) is 2.64. The number of carbonyl (C=O) groups is 1. The van der Waals surface area contributed by atoms with Gasteiger partial charge in [-0.15, -0.1) is 0 Å². The Morgan fingerprint density at radius 2 is 1.58 bits per heavy atom. The number of rotatable bonds is 0. The van der Waals surface area contributed by atoms with Crippen LogP contribution in [0.25, 0.3) is 6.08 Å². The molecule has 1 aliphatic carbocycles. The maximum atomic E-state index is 11.1. The summed E-state index contributed by atoms with van der Waals surface area (Å²) in [5, 5.41) is 0. The minimum absolute atomic E-state index is 0.0272. The van der Waals surface area contributed by atoms with Crippen molar-refractivity contribution in [2.45, 2.75) is 0 Å². The third-order valence-electron chi connectivity index (χ3n) is 1.83. The van der Waals surface area contributed by atoms with Crippen molar-refractivity contribution in [2.75, 3.05) is 0 Å². The van der Waals surface area contributed by atoms with Crippen LogP contribution < -0.4 is 5.43 Å². The van der Waals surface area contributed by atoms with E-state index in [4.69, 9.17) is 0 Å². The molecule has 1 aliphatic rings. The summed E-state index contributed by atoms with van der Waals surface area (Å²) in [6.45, 7) is 0. The molecule has 0 amide bonds. The van der Waals surface area contributed by atoms with Gasteiger partial charge in [-0.3, -0.25) is 9.59 Å². The van der Waals surface area contributed by atoms with Gasteiger partial charge in [0, 0.05) is 5.56 Å². The lowest BCUT2D eigenvalue weighted by Gasteiger charge is -1.86. The summed E-state index contributed by atoms with van der Waals surface area (Å²) in [4.78, 5) is 22.0. The van der Waals surface area contributed by atoms with E-state index in [2.05, 4.69) is 0 Å². The monoisotopic (exact) mass is 158 g/mol. The highest BCUT2D eigenvalue weighted by atomic mass is 16.1. The van der Waals surface area contributed by atoms with Crippen LogP contribution in [0.1, 0.15) is 15.9 Å². The third kappa shape index (κ3) is 0.975. The van der Waals surface area contributed by atoms with E-state index < -0.39 is 0 Å². The lowest BCUT2D eigenvalue weighted by atomic mass is 10.2. The van der Waals surface area contributed by atoms with Gasteiger partial charge in [-0.05, 0) is 29.8 Å². The Morgan fingerprint density at radius 3 is 2.42 bits per heavy atom. The van der Waals surface area contributed by atoms with Crippen molar-refractivity contribution >= 4 is 11.9 Å². The predicted molar refractivity (Wildman–Crippen MR) is 46.1 cm³/mol. The second-order valence-corrected chi connectivity index (χ2v) is 2.64. The van der Waals surface area contributed by atoms with E-state index in [1.807, 2.05) is 0 Å². The summed E-state index contributed by atoms with van der Waals surface area (Å²) in [5.74, 6) is -0.0272. The minimum atomic E-state index is -0.0781. The van der Waals surface area contributed by atoms with Gasteiger partial charge in [0.2, 0.25) is 0 Å². The largest absolute Gasteiger partial charge is 0.290 e. The van der Waals surface area contributed by atoms with Gasteiger partial charge in [0.05, 0.1) is 0 Å². The number of allylic oxidation sites excluding steroid dienone is 1. The normalized spacial score (nSPS) is 13.2. The zero-order chi connectivity index (χ0) is 8.55. The van der Waals surface area contributed by atoms with Crippen LogP contribution >= 0.6 is 0 Å². The van der Waals surface area contributed by atoms with Gasteiger partial charge in [-0.2, -0.15) is 0 Å². The maximum absolute atomic E-state index is 11.1. The van der Waals surface area contributed by atoms with E-state index in [1.165, 1.54) is 18.2 Å². The van der Waals surface area contributed by atoms with Crippen molar-refractivity contribution < 1.29 is 4.79 Å². The van der Waals surface area contributed by atoms with E-state index in [0.29, 0.717) is 5.56 Å². The third-order valence-corrected chi connectivity index (χ3v) is 1.83. The highest BCUT2D eigenvalue weighted by Crippen LogP contribution is 2.16.